The Bertz CT molecular complexity index is 724. The van der Waals surface area contributed by atoms with Crippen molar-refractivity contribution >= 4 is 11.8 Å². The van der Waals surface area contributed by atoms with E-state index < -0.39 is 0 Å². The summed E-state index contributed by atoms with van der Waals surface area (Å²) in [6.07, 6.45) is 20.1. The highest BCUT2D eigenvalue weighted by molar-refractivity contribution is 5.91. The number of ketones is 1. The van der Waals surface area contributed by atoms with Crippen LogP contribution in [0.4, 0.5) is 0 Å². The smallest absolute Gasteiger partial charge is 0.306 e. The molecular formula is C29H46O3. The summed E-state index contributed by atoms with van der Waals surface area (Å²) in [7, 11) is 0. The van der Waals surface area contributed by atoms with Gasteiger partial charge in [-0.05, 0) is 80.6 Å². The summed E-state index contributed by atoms with van der Waals surface area (Å²) < 4.78 is 6.16. The molecule has 0 radical (unpaired) electrons. The van der Waals surface area contributed by atoms with Crippen LogP contribution in [0.5, 0.6) is 0 Å². The molecule has 3 nitrogen and oxygen atoms in total. The highest BCUT2D eigenvalue weighted by atomic mass is 16.5. The number of rotatable bonds is 9. The standard InChI is InChI=1S/C29H46O3/c1-4-5-6-7-8-9-10-11-27(31)32-26-15-14-24-23-13-12-21-20-22(30)16-18-28(21,2)25(23)17-19-29(24,26)3/h20,23-26H,4-19H2,1-3H3/t23-,24-,25-,26-,28-,29-/m0/s1. The van der Waals surface area contributed by atoms with Crippen LogP contribution in [-0.4, -0.2) is 17.9 Å². The fraction of sp³-hybridized carbons (Fsp3) is 0.862. The van der Waals surface area contributed by atoms with Crippen LogP contribution < -0.4 is 0 Å². The second kappa shape index (κ2) is 10.0. The quantitative estimate of drug-likeness (QED) is 0.273. The van der Waals surface area contributed by atoms with Crippen molar-refractivity contribution in [2.75, 3.05) is 0 Å². The Hall–Kier alpha value is -1.12. The van der Waals surface area contributed by atoms with Crippen molar-refractivity contribution < 1.29 is 14.3 Å². The Morgan fingerprint density at radius 3 is 2.47 bits per heavy atom. The molecule has 3 saturated carbocycles. The predicted octanol–water partition coefficient (Wildman–Crippen LogP) is 7.57. The molecule has 0 unspecified atom stereocenters. The van der Waals surface area contributed by atoms with Gasteiger partial charge in [-0.1, -0.05) is 64.9 Å². The zero-order valence-electron chi connectivity index (χ0n) is 20.9. The zero-order chi connectivity index (χ0) is 22.8. The number of esters is 1. The highest BCUT2D eigenvalue weighted by Gasteiger charge is 2.59. The van der Waals surface area contributed by atoms with Crippen LogP contribution in [0.2, 0.25) is 0 Å². The van der Waals surface area contributed by atoms with E-state index in [0.717, 1.165) is 44.4 Å². The van der Waals surface area contributed by atoms with E-state index in [0.29, 0.717) is 24.0 Å². The Morgan fingerprint density at radius 2 is 1.69 bits per heavy atom. The number of fused-ring (bicyclic) bond motifs is 5. The lowest BCUT2D eigenvalue weighted by atomic mass is 9.47. The molecule has 0 spiro atoms. The molecule has 6 atom stereocenters. The van der Waals surface area contributed by atoms with E-state index in [4.69, 9.17) is 4.74 Å². The summed E-state index contributed by atoms with van der Waals surface area (Å²) in [5.74, 6) is 2.49. The van der Waals surface area contributed by atoms with Gasteiger partial charge in [0.05, 0.1) is 0 Å². The second-order valence-corrected chi connectivity index (χ2v) is 11.9. The molecule has 0 aromatic rings. The van der Waals surface area contributed by atoms with E-state index >= 15 is 0 Å². The van der Waals surface area contributed by atoms with Crippen molar-refractivity contribution in [3.63, 3.8) is 0 Å². The highest BCUT2D eigenvalue weighted by Crippen LogP contribution is 2.65. The number of allylic oxidation sites excluding steroid dienone is 1. The Morgan fingerprint density at radius 1 is 0.938 bits per heavy atom. The van der Waals surface area contributed by atoms with Gasteiger partial charge < -0.3 is 4.74 Å². The van der Waals surface area contributed by atoms with E-state index in [-0.39, 0.29) is 22.9 Å². The first-order valence-corrected chi connectivity index (χ1v) is 13.8. The first-order chi connectivity index (χ1) is 15.4. The summed E-state index contributed by atoms with van der Waals surface area (Å²) in [6, 6.07) is 0. The van der Waals surface area contributed by atoms with E-state index in [9.17, 15) is 9.59 Å². The van der Waals surface area contributed by atoms with E-state index in [2.05, 4.69) is 20.8 Å². The number of carbonyl (C=O) groups excluding carboxylic acids is 2. The summed E-state index contributed by atoms with van der Waals surface area (Å²) in [4.78, 5) is 24.7. The molecule has 32 heavy (non-hydrogen) atoms. The van der Waals surface area contributed by atoms with Crippen LogP contribution in [0, 0.1) is 28.6 Å². The molecule has 3 fully saturated rings. The third-order valence-corrected chi connectivity index (χ3v) is 10.1. The van der Waals surface area contributed by atoms with Crippen molar-refractivity contribution in [1.29, 1.82) is 0 Å². The van der Waals surface area contributed by atoms with Crippen LogP contribution >= 0.6 is 0 Å². The third kappa shape index (κ3) is 4.60. The number of unbranched alkanes of at least 4 members (excludes halogenated alkanes) is 6. The summed E-state index contributed by atoms with van der Waals surface area (Å²) in [5.41, 5.74) is 1.82. The molecule has 0 N–H and O–H groups in total. The van der Waals surface area contributed by atoms with Crippen LogP contribution in [-0.2, 0) is 14.3 Å². The summed E-state index contributed by atoms with van der Waals surface area (Å²) in [5, 5.41) is 0. The Labute approximate surface area is 196 Å². The maximum absolute atomic E-state index is 12.6. The molecule has 4 rings (SSSR count). The van der Waals surface area contributed by atoms with Gasteiger partial charge in [-0.2, -0.15) is 0 Å². The molecular weight excluding hydrogens is 396 g/mol. The number of hydrogen-bond donors (Lipinski definition) is 0. The molecule has 0 aliphatic heterocycles. The molecule has 0 amide bonds. The molecule has 0 aromatic carbocycles. The SMILES string of the molecule is CCCCCCCCCC(=O)O[C@H]1CC[C@H]2[C@@H]3CCC4=CC(=O)CC[C@]4(C)[C@H]3CC[C@]12C. The average molecular weight is 443 g/mol. The zero-order valence-corrected chi connectivity index (χ0v) is 20.9. The van der Waals surface area contributed by atoms with Gasteiger partial charge in [0.2, 0.25) is 0 Å². The second-order valence-electron chi connectivity index (χ2n) is 11.9. The Balaban J connectivity index is 1.31. The summed E-state index contributed by atoms with van der Waals surface area (Å²) >= 11 is 0. The topological polar surface area (TPSA) is 43.4 Å². The largest absolute Gasteiger partial charge is 0.462 e. The fourth-order valence-electron chi connectivity index (χ4n) is 8.15. The predicted molar refractivity (Wildman–Crippen MR) is 129 cm³/mol. The minimum Gasteiger partial charge on any atom is -0.462 e. The van der Waals surface area contributed by atoms with Gasteiger partial charge in [-0.3, -0.25) is 9.59 Å². The molecule has 0 saturated heterocycles. The maximum atomic E-state index is 12.6. The van der Waals surface area contributed by atoms with Gasteiger partial charge in [0, 0.05) is 18.3 Å². The van der Waals surface area contributed by atoms with Crippen LogP contribution in [0.15, 0.2) is 11.6 Å². The van der Waals surface area contributed by atoms with Gasteiger partial charge in [0.25, 0.3) is 0 Å². The monoisotopic (exact) mass is 442 g/mol. The lowest BCUT2D eigenvalue weighted by Gasteiger charge is -2.57. The molecule has 4 aliphatic rings. The third-order valence-electron chi connectivity index (χ3n) is 10.1. The average Bonchev–Trinajstić information content (AvgIpc) is 3.10. The number of carbonyl (C=O) groups is 2. The molecule has 3 heteroatoms. The molecule has 0 aromatic heterocycles. The lowest BCUT2D eigenvalue weighted by molar-refractivity contribution is -0.160. The van der Waals surface area contributed by atoms with Crippen LogP contribution in [0.1, 0.15) is 124 Å². The van der Waals surface area contributed by atoms with Crippen molar-refractivity contribution in [3.05, 3.63) is 11.6 Å². The van der Waals surface area contributed by atoms with E-state index in [1.165, 1.54) is 63.4 Å². The minimum absolute atomic E-state index is 0.0409. The first-order valence-electron chi connectivity index (χ1n) is 13.8. The minimum atomic E-state index is 0.0409. The maximum Gasteiger partial charge on any atom is 0.306 e. The van der Waals surface area contributed by atoms with Crippen molar-refractivity contribution in [1.82, 2.24) is 0 Å². The number of hydrogen-bond acceptors (Lipinski definition) is 3. The molecule has 180 valence electrons. The van der Waals surface area contributed by atoms with Crippen molar-refractivity contribution in [3.8, 4) is 0 Å². The van der Waals surface area contributed by atoms with Gasteiger partial charge in [0.15, 0.2) is 5.78 Å². The van der Waals surface area contributed by atoms with Crippen molar-refractivity contribution in [2.24, 2.45) is 28.6 Å². The van der Waals surface area contributed by atoms with Gasteiger partial charge in [-0.15, -0.1) is 0 Å². The molecule has 4 aliphatic carbocycles. The normalized spacial score (nSPS) is 38.5. The van der Waals surface area contributed by atoms with E-state index in [1.54, 1.807) is 0 Å². The van der Waals surface area contributed by atoms with Crippen LogP contribution in [0.3, 0.4) is 0 Å². The Kier molecular flexibility index (Phi) is 7.52. The molecule has 0 heterocycles. The van der Waals surface area contributed by atoms with Crippen molar-refractivity contribution in [2.45, 2.75) is 130 Å². The van der Waals surface area contributed by atoms with Crippen LogP contribution in [0.25, 0.3) is 0 Å². The summed E-state index contributed by atoms with van der Waals surface area (Å²) in [6.45, 7) is 7.11. The molecule has 0 bridgehead atoms. The van der Waals surface area contributed by atoms with Gasteiger partial charge in [-0.25, -0.2) is 0 Å². The number of ether oxygens (including phenoxy) is 1. The lowest BCUT2D eigenvalue weighted by Crippen LogP contribution is -2.51. The van der Waals surface area contributed by atoms with Gasteiger partial charge in [0.1, 0.15) is 6.10 Å². The first kappa shape index (κ1) is 24.0. The van der Waals surface area contributed by atoms with E-state index in [1.807, 2.05) is 6.08 Å². The van der Waals surface area contributed by atoms with Gasteiger partial charge >= 0.3 is 5.97 Å². The fourth-order valence-corrected chi connectivity index (χ4v) is 8.15.